The van der Waals surface area contributed by atoms with E-state index in [9.17, 15) is 4.79 Å². The minimum Gasteiger partial charge on any atom is -0.384 e. The van der Waals surface area contributed by atoms with Crippen molar-refractivity contribution >= 4 is 23.1 Å². The van der Waals surface area contributed by atoms with E-state index in [1.807, 2.05) is 6.92 Å². The van der Waals surface area contributed by atoms with E-state index in [2.05, 4.69) is 27.1 Å². The van der Waals surface area contributed by atoms with Crippen LogP contribution in [0.2, 0.25) is 0 Å². The second-order valence-electron chi connectivity index (χ2n) is 3.60. The number of carbonyl (C=O) groups is 1. The van der Waals surface area contributed by atoms with Crippen LogP contribution in [0.4, 0.5) is 5.82 Å². The molecule has 0 saturated carbocycles. The number of aryl methyl sites for hydroxylation is 1. The molecule has 0 unspecified atom stereocenters. The smallest absolute Gasteiger partial charge is 0.276 e. The van der Waals surface area contributed by atoms with E-state index in [1.165, 1.54) is 11.3 Å². The zero-order valence-corrected chi connectivity index (χ0v) is 11.0. The highest BCUT2D eigenvalue weighted by Gasteiger charge is 2.10. The summed E-state index contributed by atoms with van der Waals surface area (Å²) in [5, 5.41) is 13.8. The SMILES string of the molecule is Cc1nc(C(=O)Nc2cc(C#CCO)ccn2)cs1. The molecule has 0 atom stereocenters. The van der Waals surface area contributed by atoms with Crippen LogP contribution in [0.3, 0.4) is 0 Å². The van der Waals surface area contributed by atoms with Crippen molar-refractivity contribution in [3.05, 3.63) is 40.0 Å². The van der Waals surface area contributed by atoms with Gasteiger partial charge in [-0.05, 0) is 19.1 Å². The van der Waals surface area contributed by atoms with Crippen LogP contribution in [0.1, 0.15) is 21.1 Å². The fraction of sp³-hybridized carbons (Fsp3) is 0.154. The molecule has 2 N–H and O–H groups in total. The van der Waals surface area contributed by atoms with E-state index < -0.39 is 0 Å². The van der Waals surface area contributed by atoms with Crippen LogP contribution < -0.4 is 5.32 Å². The van der Waals surface area contributed by atoms with Gasteiger partial charge in [0.05, 0.1) is 5.01 Å². The van der Waals surface area contributed by atoms with Gasteiger partial charge < -0.3 is 10.4 Å². The number of hydrogen-bond donors (Lipinski definition) is 2. The number of carbonyl (C=O) groups excluding carboxylic acids is 1. The molecule has 5 nitrogen and oxygen atoms in total. The topological polar surface area (TPSA) is 75.1 Å². The largest absolute Gasteiger partial charge is 0.384 e. The van der Waals surface area contributed by atoms with Gasteiger partial charge in [-0.1, -0.05) is 11.8 Å². The lowest BCUT2D eigenvalue weighted by Crippen LogP contribution is -2.13. The standard InChI is InChI=1S/C13H11N3O2S/c1-9-15-11(8-19-9)13(18)16-12-7-10(3-2-6-17)4-5-14-12/h4-5,7-8,17H,6H2,1H3,(H,14,16,18). The Morgan fingerprint density at radius 1 is 1.58 bits per heavy atom. The number of aromatic nitrogens is 2. The van der Waals surface area contributed by atoms with E-state index >= 15 is 0 Å². The lowest BCUT2D eigenvalue weighted by atomic mass is 10.2. The van der Waals surface area contributed by atoms with Crippen molar-refractivity contribution < 1.29 is 9.90 Å². The number of rotatable bonds is 2. The maximum Gasteiger partial charge on any atom is 0.276 e. The van der Waals surface area contributed by atoms with Crippen molar-refractivity contribution in [3.8, 4) is 11.8 Å². The number of anilines is 1. The number of pyridine rings is 1. The third kappa shape index (κ3) is 3.61. The second kappa shape index (κ2) is 6.09. The lowest BCUT2D eigenvalue weighted by Gasteiger charge is -2.02. The Labute approximate surface area is 114 Å². The molecule has 0 aromatic carbocycles. The predicted octanol–water partition coefficient (Wildman–Crippen LogP) is 1.44. The molecule has 0 bridgehead atoms. The summed E-state index contributed by atoms with van der Waals surface area (Å²) in [5.41, 5.74) is 1.05. The summed E-state index contributed by atoms with van der Waals surface area (Å²) < 4.78 is 0. The van der Waals surface area contributed by atoms with Crippen LogP contribution in [0.15, 0.2) is 23.7 Å². The highest BCUT2D eigenvalue weighted by molar-refractivity contribution is 7.09. The highest BCUT2D eigenvalue weighted by atomic mass is 32.1. The Hall–Kier alpha value is -2.23. The Kier molecular flexibility index (Phi) is 4.23. The van der Waals surface area contributed by atoms with Gasteiger partial charge in [0.15, 0.2) is 0 Å². The summed E-state index contributed by atoms with van der Waals surface area (Å²) in [4.78, 5) is 20.0. The molecule has 2 rings (SSSR count). The number of hydrogen-bond acceptors (Lipinski definition) is 5. The van der Waals surface area contributed by atoms with Crippen LogP contribution in [-0.4, -0.2) is 27.6 Å². The third-order valence-electron chi connectivity index (χ3n) is 2.16. The highest BCUT2D eigenvalue weighted by Crippen LogP contribution is 2.11. The first kappa shape index (κ1) is 13.2. The number of nitrogens with one attached hydrogen (secondary N) is 1. The Balaban J connectivity index is 2.13. The van der Waals surface area contributed by atoms with E-state index in [0.29, 0.717) is 17.1 Å². The van der Waals surface area contributed by atoms with Crippen LogP contribution in [0.5, 0.6) is 0 Å². The Morgan fingerprint density at radius 3 is 3.11 bits per heavy atom. The van der Waals surface area contributed by atoms with Gasteiger partial charge in [0, 0.05) is 17.1 Å². The summed E-state index contributed by atoms with van der Waals surface area (Å²) in [5.74, 6) is 5.38. The van der Waals surface area contributed by atoms with Crippen molar-refractivity contribution in [3.63, 3.8) is 0 Å². The van der Waals surface area contributed by atoms with Crippen LogP contribution in [0.25, 0.3) is 0 Å². The molecule has 19 heavy (non-hydrogen) atoms. The summed E-state index contributed by atoms with van der Waals surface area (Å²) in [7, 11) is 0. The monoisotopic (exact) mass is 273 g/mol. The van der Waals surface area contributed by atoms with Gasteiger partial charge >= 0.3 is 0 Å². The molecule has 6 heteroatoms. The Morgan fingerprint density at radius 2 is 2.42 bits per heavy atom. The number of aliphatic hydroxyl groups excluding tert-OH is 1. The normalized spacial score (nSPS) is 9.58. The molecule has 2 aromatic rings. The zero-order chi connectivity index (χ0) is 13.7. The number of thiazole rings is 1. The molecule has 0 radical (unpaired) electrons. The van der Waals surface area contributed by atoms with Crippen LogP contribution >= 0.6 is 11.3 Å². The van der Waals surface area contributed by atoms with Crippen molar-refractivity contribution in [1.29, 1.82) is 0 Å². The minimum atomic E-state index is -0.302. The van der Waals surface area contributed by atoms with Crippen molar-refractivity contribution in [2.75, 3.05) is 11.9 Å². The van der Waals surface area contributed by atoms with E-state index in [-0.39, 0.29) is 12.5 Å². The third-order valence-corrected chi connectivity index (χ3v) is 2.94. The fourth-order valence-corrected chi connectivity index (χ4v) is 1.96. The number of nitrogens with zero attached hydrogens (tertiary/aromatic N) is 2. The lowest BCUT2D eigenvalue weighted by molar-refractivity contribution is 0.102. The molecule has 0 saturated heterocycles. The van der Waals surface area contributed by atoms with Crippen molar-refractivity contribution in [2.24, 2.45) is 0 Å². The van der Waals surface area contributed by atoms with Gasteiger partial charge in [0.1, 0.15) is 18.1 Å². The Bertz CT molecular complexity index is 655. The van der Waals surface area contributed by atoms with Gasteiger partial charge in [-0.25, -0.2) is 9.97 Å². The van der Waals surface area contributed by atoms with Gasteiger partial charge in [0.2, 0.25) is 0 Å². The maximum absolute atomic E-state index is 11.9. The summed E-state index contributed by atoms with van der Waals surface area (Å²) >= 11 is 1.42. The average Bonchev–Trinajstić information content (AvgIpc) is 2.83. The summed E-state index contributed by atoms with van der Waals surface area (Å²) in [6, 6.07) is 3.34. The van der Waals surface area contributed by atoms with E-state index in [1.54, 1.807) is 23.7 Å². The van der Waals surface area contributed by atoms with Crippen molar-refractivity contribution in [1.82, 2.24) is 9.97 Å². The van der Waals surface area contributed by atoms with Gasteiger partial charge in [-0.2, -0.15) is 0 Å². The van der Waals surface area contributed by atoms with Crippen molar-refractivity contribution in [2.45, 2.75) is 6.92 Å². The molecular formula is C13H11N3O2S. The summed E-state index contributed by atoms with van der Waals surface area (Å²) in [6.45, 7) is 1.63. The minimum absolute atomic E-state index is 0.206. The predicted molar refractivity (Wildman–Crippen MR) is 73.0 cm³/mol. The summed E-state index contributed by atoms with van der Waals surface area (Å²) in [6.07, 6.45) is 1.54. The van der Waals surface area contributed by atoms with E-state index in [4.69, 9.17) is 5.11 Å². The average molecular weight is 273 g/mol. The molecule has 1 amide bonds. The number of aliphatic hydroxyl groups is 1. The molecule has 96 valence electrons. The molecule has 0 spiro atoms. The zero-order valence-electron chi connectivity index (χ0n) is 10.2. The van der Waals surface area contributed by atoms with Crippen LogP contribution in [0, 0.1) is 18.8 Å². The first-order valence-corrected chi connectivity index (χ1v) is 6.36. The van der Waals surface area contributed by atoms with Gasteiger partial charge in [-0.3, -0.25) is 4.79 Å². The molecule has 0 aliphatic heterocycles. The molecule has 0 aliphatic carbocycles. The first-order valence-electron chi connectivity index (χ1n) is 5.48. The first-order chi connectivity index (χ1) is 9.19. The van der Waals surface area contributed by atoms with Gasteiger partial charge in [-0.15, -0.1) is 11.3 Å². The molecule has 0 aliphatic rings. The van der Waals surface area contributed by atoms with Crippen LogP contribution in [-0.2, 0) is 0 Å². The number of amides is 1. The second-order valence-corrected chi connectivity index (χ2v) is 4.66. The van der Waals surface area contributed by atoms with Gasteiger partial charge in [0.25, 0.3) is 5.91 Å². The molecule has 0 fully saturated rings. The quantitative estimate of drug-likeness (QED) is 0.812. The molecule has 2 aromatic heterocycles. The maximum atomic E-state index is 11.9. The molecular weight excluding hydrogens is 262 g/mol. The molecule has 2 heterocycles. The van der Waals surface area contributed by atoms with E-state index in [0.717, 1.165) is 5.01 Å². The fourth-order valence-electron chi connectivity index (χ4n) is 1.37.